The van der Waals surface area contributed by atoms with Crippen molar-refractivity contribution in [2.75, 3.05) is 35.2 Å². The number of furan rings is 1. The van der Waals surface area contributed by atoms with Crippen molar-refractivity contribution in [2.24, 2.45) is 5.92 Å². The Balaban J connectivity index is 1.33. The molecule has 0 unspecified atom stereocenters. The van der Waals surface area contributed by atoms with Gasteiger partial charge in [0.15, 0.2) is 5.16 Å². The molecule has 1 amide bonds. The predicted octanol–water partition coefficient (Wildman–Crippen LogP) is 3.84. The summed E-state index contributed by atoms with van der Waals surface area (Å²) in [5.74, 6) is 2.91. The molecule has 8 heteroatoms. The largest absolute Gasteiger partial charge is 0.467 e. The van der Waals surface area contributed by atoms with E-state index < -0.39 is 0 Å². The van der Waals surface area contributed by atoms with Gasteiger partial charge in [0.05, 0.1) is 18.6 Å². The molecule has 2 aromatic heterocycles. The molecule has 4 heterocycles. The van der Waals surface area contributed by atoms with Crippen LogP contribution in [0.5, 0.6) is 0 Å². The average molecular weight is 438 g/mol. The summed E-state index contributed by atoms with van der Waals surface area (Å²) in [6.45, 7) is 5.56. The van der Waals surface area contributed by atoms with Crippen molar-refractivity contribution in [3.63, 3.8) is 0 Å². The topological polar surface area (TPSA) is 67.4 Å². The van der Waals surface area contributed by atoms with Gasteiger partial charge in [-0.1, -0.05) is 36.9 Å². The number of fused-ring (bicyclic) bond motifs is 1. The number of hydrogen-bond acceptors (Lipinski definition) is 6. The van der Waals surface area contributed by atoms with Gasteiger partial charge in [0.1, 0.15) is 5.76 Å². The van der Waals surface area contributed by atoms with E-state index in [4.69, 9.17) is 4.42 Å². The average Bonchev–Trinajstić information content (AvgIpc) is 3.53. The molecule has 1 aromatic carbocycles. The number of benzene rings is 1. The van der Waals surface area contributed by atoms with Gasteiger partial charge < -0.3 is 14.2 Å². The lowest BCUT2D eigenvalue weighted by Gasteiger charge is -2.31. The van der Waals surface area contributed by atoms with Gasteiger partial charge in [-0.05, 0) is 48.9 Å². The van der Waals surface area contributed by atoms with Crippen LogP contribution in [0.2, 0.25) is 0 Å². The summed E-state index contributed by atoms with van der Waals surface area (Å²) in [6.07, 6.45) is 4.91. The smallest absolute Gasteiger partial charge is 0.237 e. The van der Waals surface area contributed by atoms with Gasteiger partial charge >= 0.3 is 0 Å². The Hall–Kier alpha value is -2.74. The molecule has 0 spiro atoms. The Kier molecular flexibility index (Phi) is 5.72. The number of amides is 1. The third-order valence-electron chi connectivity index (χ3n) is 6.17. The molecule has 2 aliphatic rings. The van der Waals surface area contributed by atoms with Crippen LogP contribution in [0.4, 0.5) is 11.6 Å². The van der Waals surface area contributed by atoms with E-state index in [9.17, 15) is 4.79 Å². The van der Waals surface area contributed by atoms with Gasteiger partial charge in [0.25, 0.3) is 0 Å². The Morgan fingerprint density at radius 2 is 1.97 bits per heavy atom. The number of carbonyl (C=O) groups excluding carboxylic acids is 1. The Labute approximate surface area is 186 Å². The normalized spacial score (nSPS) is 16.7. The standard InChI is InChI=1S/C23H27N5O2S/c1-17-8-11-26(12-9-17)22-24-25-23(28(22)15-19-6-4-14-30-19)31-16-21(29)27-13-10-18-5-2-3-7-20(18)27/h2-7,14,17H,8-13,15-16H2,1H3. The van der Waals surface area contributed by atoms with Crippen molar-refractivity contribution in [2.45, 2.75) is 37.9 Å². The molecule has 5 rings (SSSR count). The minimum absolute atomic E-state index is 0.107. The number of aromatic nitrogens is 3. The van der Waals surface area contributed by atoms with E-state index in [2.05, 4.69) is 32.7 Å². The highest BCUT2D eigenvalue weighted by molar-refractivity contribution is 7.99. The molecule has 0 N–H and O–H groups in total. The molecule has 7 nitrogen and oxygen atoms in total. The molecule has 0 atom stereocenters. The molecule has 1 saturated heterocycles. The second kappa shape index (κ2) is 8.78. The number of anilines is 2. The van der Waals surface area contributed by atoms with Crippen molar-refractivity contribution in [1.29, 1.82) is 0 Å². The summed E-state index contributed by atoms with van der Waals surface area (Å²) in [5, 5.41) is 9.72. The van der Waals surface area contributed by atoms with Crippen LogP contribution >= 0.6 is 11.8 Å². The number of piperidine rings is 1. The molecular formula is C23H27N5O2S. The Morgan fingerprint density at radius 3 is 2.77 bits per heavy atom. The van der Waals surface area contributed by atoms with Gasteiger partial charge in [-0.3, -0.25) is 9.36 Å². The van der Waals surface area contributed by atoms with E-state index in [1.807, 2.05) is 35.2 Å². The third-order valence-corrected chi connectivity index (χ3v) is 7.12. The summed E-state index contributed by atoms with van der Waals surface area (Å²) < 4.78 is 7.68. The first-order chi connectivity index (χ1) is 15.2. The summed E-state index contributed by atoms with van der Waals surface area (Å²) in [5.41, 5.74) is 2.27. The molecule has 2 aliphatic heterocycles. The zero-order valence-corrected chi connectivity index (χ0v) is 18.6. The Bertz CT molecular complexity index is 1040. The van der Waals surface area contributed by atoms with Gasteiger partial charge in [-0.25, -0.2) is 0 Å². The Morgan fingerprint density at radius 1 is 1.13 bits per heavy atom. The number of carbonyl (C=O) groups is 1. The lowest BCUT2D eigenvalue weighted by Crippen LogP contribution is -2.35. The van der Waals surface area contributed by atoms with Gasteiger partial charge in [0, 0.05) is 25.3 Å². The zero-order chi connectivity index (χ0) is 21.2. The maximum Gasteiger partial charge on any atom is 0.237 e. The minimum atomic E-state index is 0.107. The molecule has 162 valence electrons. The lowest BCUT2D eigenvalue weighted by molar-refractivity contribution is -0.116. The maximum absolute atomic E-state index is 13.0. The first-order valence-electron chi connectivity index (χ1n) is 10.9. The summed E-state index contributed by atoms with van der Waals surface area (Å²) in [7, 11) is 0. The molecule has 0 saturated carbocycles. The van der Waals surface area contributed by atoms with Crippen LogP contribution in [0.15, 0.2) is 52.2 Å². The monoisotopic (exact) mass is 437 g/mol. The quantitative estimate of drug-likeness (QED) is 0.546. The van der Waals surface area contributed by atoms with Gasteiger partial charge in [-0.15, -0.1) is 10.2 Å². The number of para-hydroxylation sites is 1. The second-order valence-corrected chi connectivity index (χ2v) is 9.27. The fourth-order valence-electron chi connectivity index (χ4n) is 4.33. The molecule has 0 bridgehead atoms. The van der Waals surface area contributed by atoms with E-state index in [0.29, 0.717) is 12.3 Å². The van der Waals surface area contributed by atoms with Crippen LogP contribution in [0.3, 0.4) is 0 Å². The van der Waals surface area contributed by atoms with Crippen molar-refractivity contribution in [3.05, 3.63) is 54.0 Å². The van der Waals surface area contributed by atoms with Crippen LogP contribution in [0.1, 0.15) is 31.1 Å². The van der Waals surface area contributed by atoms with Crippen molar-refractivity contribution >= 4 is 29.3 Å². The van der Waals surface area contributed by atoms with Crippen LogP contribution in [-0.4, -0.2) is 46.1 Å². The highest BCUT2D eigenvalue weighted by atomic mass is 32.2. The highest BCUT2D eigenvalue weighted by Gasteiger charge is 2.26. The van der Waals surface area contributed by atoms with E-state index in [1.165, 1.54) is 17.3 Å². The molecule has 3 aromatic rings. The van der Waals surface area contributed by atoms with Crippen LogP contribution < -0.4 is 9.80 Å². The van der Waals surface area contributed by atoms with E-state index in [0.717, 1.165) is 67.4 Å². The number of hydrogen-bond donors (Lipinski definition) is 0. The number of thioether (sulfide) groups is 1. The zero-order valence-electron chi connectivity index (χ0n) is 17.7. The first kappa shape index (κ1) is 20.2. The van der Waals surface area contributed by atoms with Crippen molar-refractivity contribution < 1.29 is 9.21 Å². The van der Waals surface area contributed by atoms with Crippen LogP contribution in [-0.2, 0) is 17.8 Å². The maximum atomic E-state index is 13.0. The second-order valence-electron chi connectivity index (χ2n) is 8.33. The summed E-state index contributed by atoms with van der Waals surface area (Å²) in [6, 6.07) is 12.0. The van der Waals surface area contributed by atoms with E-state index in [-0.39, 0.29) is 5.91 Å². The molecule has 1 fully saturated rings. The van der Waals surface area contributed by atoms with E-state index in [1.54, 1.807) is 6.26 Å². The first-order valence-corrected chi connectivity index (χ1v) is 11.9. The molecular weight excluding hydrogens is 410 g/mol. The fourth-order valence-corrected chi connectivity index (χ4v) is 5.14. The molecule has 0 radical (unpaired) electrons. The van der Waals surface area contributed by atoms with Crippen LogP contribution in [0, 0.1) is 5.92 Å². The van der Waals surface area contributed by atoms with E-state index >= 15 is 0 Å². The third kappa shape index (κ3) is 4.21. The fraction of sp³-hybridized carbons (Fsp3) is 0.435. The highest BCUT2D eigenvalue weighted by Crippen LogP contribution is 2.30. The SMILES string of the molecule is CC1CCN(c2nnc(SCC(=O)N3CCc4ccccc43)n2Cc2ccco2)CC1. The molecule has 31 heavy (non-hydrogen) atoms. The lowest BCUT2D eigenvalue weighted by atomic mass is 10.00. The minimum Gasteiger partial charge on any atom is -0.467 e. The van der Waals surface area contributed by atoms with Crippen LogP contribution in [0.25, 0.3) is 0 Å². The van der Waals surface area contributed by atoms with Gasteiger partial charge in [0.2, 0.25) is 11.9 Å². The number of nitrogens with zero attached hydrogens (tertiary/aromatic N) is 5. The van der Waals surface area contributed by atoms with Crippen molar-refractivity contribution in [3.8, 4) is 0 Å². The molecule has 0 aliphatic carbocycles. The summed E-state index contributed by atoms with van der Waals surface area (Å²) >= 11 is 1.45. The van der Waals surface area contributed by atoms with Crippen molar-refractivity contribution in [1.82, 2.24) is 14.8 Å². The van der Waals surface area contributed by atoms with Gasteiger partial charge in [-0.2, -0.15) is 0 Å². The number of rotatable bonds is 6. The summed E-state index contributed by atoms with van der Waals surface area (Å²) in [4.78, 5) is 17.2. The predicted molar refractivity (Wildman–Crippen MR) is 122 cm³/mol.